The van der Waals surface area contributed by atoms with E-state index < -0.39 is 0 Å². The lowest BCUT2D eigenvalue weighted by Crippen LogP contribution is -2.29. The second-order valence-electron chi connectivity index (χ2n) is 5.71. The maximum atomic E-state index is 11.9. The van der Waals surface area contributed by atoms with Crippen LogP contribution in [0.3, 0.4) is 0 Å². The molecule has 2 rings (SSSR count). The van der Waals surface area contributed by atoms with Crippen LogP contribution in [0.2, 0.25) is 0 Å². The van der Waals surface area contributed by atoms with E-state index in [2.05, 4.69) is 32.5 Å². The van der Waals surface area contributed by atoms with Gasteiger partial charge < -0.3 is 10.2 Å². The van der Waals surface area contributed by atoms with Crippen molar-refractivity contribution in [2.24, 2.45) is 0 Å². The van der Waals surface area contributed by atoms with Gasteiger partial charge in [-0.15, -0.1) is 5.10 Å². The highest BCUT2D eigenvalue weighted by atomic mass is 32.2. The predicted octanol–water partition coefficient (Wildman–Crippen LogP) is 1.72. The second kappa shape index (κ2) is 9.93. The molecule has 2 N–H and O–H groups in total. The van der Waals surface area contributed by atoms with Crippen LogP contribution in [0.1, 0.15) is 19.8 Å². The smallest absolute Gasteiger partial charge is 0.343 e. The molecule has 25 heavy (non-hydrogen) atoms. The van der Waals surface area contributed by atoms with Crippen molar-refractivity contribution in [2.75, 3.05) is 30.8 Å². The fourth-order valence-corrected chi connectivity index (χ4v) is 3.17. The molecule has 1 aromatic carbocycles. The number of amides is 1. The van der Waals surface area contributed by atoms with Crippen LogP contribution in [-0.4, -0.2) is 46.6 Å². The van der Waals surface area contributed by atoms with Crippen molar-refractivity contribution in [3.8, 4) is 0 Å². The van der Waals surface area contributed by atoms with Crippen molar-refractivity contribution in [1.29, 1.82) is 0 Å². The number of carbonyl (C=O) groups is 1. The Bertz CT molecular complexity index is 713. The molecule has 0 fully saturated rings. The Morgan fingerprint density at radius 2 is 2.12 bits per heavy atom. The molecule has 0 aliphatic carbocycles. The number of aromatic amines is 1. The number of benzene rings is 1. The Kier molecular flexibility index (Phi) is 7.59. The zero-order valence-electron chi connectivity index (χ0n) is 14.7. The number of rotatable bonds is 10. The van der Waals surface area contributed by atoms with Crippen LogP contribution < -0.4 is 15.9 Å². The summed E-state index contributed by atoms with van der Waals surface area (Å²) in [7, 11) is 2.04. The third kappa shape index (κ3) is 5.97. The average molecular weight is 363 g/mol. The summed E-state index contributed by atoms with van der Waals surface area (Å²) in [6.45, 7) is 4.09. The maximum Gasteiger partial charge on any atom is 0.343 e. The number of hydrogen-bond acceptors (Lipinski definition) is 5. The summed E-state index contributed by atoms with van der Waals surface area (Å²) >= 11 is 1.28. The molecule has 0 bridgehead atoms. The molecule has 7 nitrogen and oxygen atoms in total. The molecule has 0 atom stereocenters. The lowest BCUT2D eigenvalue weighted by atomic mass is 10.3. The van der Waals surface area contributed by atoms with E-state index >= 15 is 0 Å². The van der Waals surface area contributed by atoms with Gasteiger partial charge in [0.2, 0.25) is 5.91 Å². The summed E-state index contributed by atoms with van der Waals surface area (Å²) in [5.41, 5.74) is 0.936. The fourth-order valence-electron chi connectivity index (χ4n) is 2.37. The lowest BCUT2D eigenvalue weighted by Gasteiger charge is -2.19. The number of para-hydroxylation sites is 1. The molecule has 8 heteroatoms. The van der Waals surface area contributed by atoms with E-state index in [0.29, 0.717) is 18.2 Å². The summed E-state index contributed by atoms with van der Waals surface area (Å²) in [6.07, 6.45) is 1.71. The van der Waals surface area contributed by atoms with Gasteiger partial charge >= 0.3 is 5.69 Å². The van der Waals surface area contributed by atoms with Gasteiger partial charge in [-0.3, -0.25) is 9.36 Å². The first kappa shape index (κ1) is 19.1. The van der Waals surface area contributed by atoms with Gasteiger partial charge in [0, 0.05) is 32.4 Å². The first-order chi connectivity index (χ1) is 12.1. The van der Waals surface area contributed by atoms with E-state index in [9.17, 15) is 9.59 Å². The molecule has 0 spiro atoms. The number of carbonyl (C=O) groups excluding carboxylic acids is 1. The molecule has 0 radical (unpaired) electrons. The highest BCUT2D eigenvalue weighted by Crippen LogP contribution is 2.13. The van der Waals surface area contributed by atoms with Gasteiger partial charge in [0.25, 0.3) is 0 Å². The summed E-state index contributed by atoms with van der Waals surface area (Å²) in [5, 5.41) is 9.85. The molecular weight excluding hydrogens is 338 g/mol. The van der Waals surface area contributed by atoms with Crippen LogP contribution in [-0.2, 0) is 11.3 Å². The van der Waals surface area contributed by atoms with Gasteiger partial charge in [-0.1, -0.05) is 36.9 Å². The molecule has 1 amide bonds. The van der Waals surface area contributed by atoms with E-state index in [4.69, 9.17) is 0 Å². The van der Waals surface area contributed by atoms with Crippen molar-refractivity contribution < 1.29 is 4.79 Å². The number of nitrogens with zero attached hydrogens (tertiary/aromatic N) is 3. The van der Waals surface area contributed by atoms with Gasteiger partial charge in [0.1, 0.15) is 0 Å². The molecule has 136 valence electrons. The van der Waals surface area contributed by atoms with Gasteiger partial charge in [-0.05, 0) is 25.0 Å². The number of anilines is 1. The Morgan fingerprint density at radius 1 is 1.36 bits per heavy atom. The zero-order chi connectivity index (χ0) is 18.1. The van der Waals surface area contributed by atoms with Crippen molar-refractivity contribution in [3.63, 3.8) is 0 Å². The van der Waals surface area contributed by atoms with Gasteiger partial charge in [0.05, 0.1) is 5.75 Å². The monoisotopic (exact) mass is 363 g/mol. The first-order valence-electron chi connectivity index (χ1n) is 8.42. The number of nitrogens with one attached hydrogen (secondary N) is 2. The third-order valence-electron chi connectivity index (χ3n) is 3.69. The van der Waals surface area contributed by atoms with E-state index in [1.807, 2.05) is 32.2 Å². The van der Waals surface area contributed by atoms with Crippen LogP contribution >= 0.6 is 11.8 Å². The minimum atomic E-state index is -0.228. The van der Waals surface area contributed by atoms with Crippen LogP contribution in [0.25, 0.3) is 0 Å². The summed E-state index contributed by atoms with van der Waals surface area (Å²) < 4.78 is 1.56. The normalized spacial score (nSPS) is 10.6. The Morgan fingerprint density at radius 3 is 2.84 bits per heavy atom. The molecule has 0 unspecified atom stereocenters. The maximum absolute atomic E-state index is 11.9. The Balaban J connectivity index is 1.67. The van der Waals surface area contributed by atoms with E-state index in [1.54, 1.807) is 4.57 Å². The van der Waals surface area contributed by atoms with Crippen molar-refractivity contribution in [3.05, 3.63) is 40.8 Å². The SMILES string of the molecule is CCCn1c(SCC(=O)NCCCN(C)c2ccccc2)n[nH]c1=O. The zero-order valence-corrected chi connectivity index (χ0v) is 15.5. The average Bonchev–Trinajstić information content (AvgIpc) is 2.98. The Hall–Kier alpha value is -2.22. The standard InChI is InChI=1S/C17H25N5O2S/c1-3-11-22-16(24)19-20-17(22)25-13-15(23)18-10-7-12-21(2)14-8-5-4-6-9-14/h4-6,8-9H,3,7,10-13H2,1-2H3,(H,18,23)(H,19,24). The van der Waals surface area contributed by atoms with Crippen LogP contribution in [0, 0.1) is 0 Å². The predicted molar refractivity (Wildman–Crippen MR) is 101 cm³/mol. The van der Waals surface area contributed by atoms with E-state index in [-0.39, 0.29) is 17.3 Å². The number of H-pyrrole nitrogens is 1. The van der Waals surface area contributed by atoms with Crippen LogP contribution in [0.5, 0.6) is 0 Å². The molecule has 1 aromatic heterocycles. The van der Waals surface area contributed by atoms with Crippen molar-refractivity contribution in [1.82, 2.24) is 20.1 Å². The molecule has 0 saturated carbocycles. The van der Waals surface area contributed by atoms with E-state index in [1.165, 1.54) is 11.8 Å². The highest BCUT2D eigenvalue weighted by Gasteiger charge is 2.10. The molecule has 0 aliphatic rings. The fraction of sp³-hybridized carbons (Fsp3) is 0.471. The number of thioether (sulfide) groups is 1. The summed E-state index contributed by atoms with van der Waals surface area (Å²) in [4.78, 5) is 25.7. The van der Waals surface area contributed by atoms with E-state index in [0.717, 1.165) is 25.1 Å². The van der Waals surface area contributed by atoms with Crippen LogP contribution in [0.4, 0.5) is 5.69 Å². The third-order valence-corrected chi connectivity index (χ3v) is 4.67. The van der Waals surface area contributed by atoms with Gasteiger partial charge in [-0.25, -0.2) is 9.89 Å². The molecular formula is C17H25N5O2S. The lowest BCUT2D eigenvalue weighted by molar-refractivity contribution is -0.118. The minimum Gasteiger partial charge on any atom is -0.375 e. The number of hydrogen-bond donors (Lipinski definition) is 2. The topological polar surface area (TPSA) is 83.0 Å². The largest absolute Gasteiger partial charge is 0.375 e. The number of aromatic nitrogens is 3. The highest BCUT2D eigenvalue weighted by molar-refractivity contribution is 7.99. The quantitative estimate of drug-likeness (QED) is 0.496. The summed E-state index contributed by atoms with van der Waals surface area (Å²) in [6, 6.07) is 10.1. The molecule has 0 aliphatic heterocycles. The first-order valence-corrected chi connectivity index (χ1v) is 9.41. The summed E-state index contributed by atoms with van der Waals surface area (Å²) in [5.74, 6) is 0.202. The molecule has 1 heterocycles. The van der Waals surface area contributed by atoms with Gasteiger partial charge in [-0.2, -0.15) is 0 Å². The van der Waals surface area contributed by atoms with Crippen molar-refractivity contribution in [2.45, 2.75) is 31.5 Å². The minimum absolute atomic E-state index is 0.0501. The Labute approximate surface area is 151 Å². The second-order valence-corrected chi connectivity index (χ2v) is 6.65. The van der Waals surface area contributed by atoms with Crippen LogP contribution in [0.15, 0.2) is 40.3 Å². The molecule has 2 aromatic rings. The molecule has 0 saturated heterocycles. The van der Waals surface area contributed by atoms with Gasteiger partial charge in [0.15, 0.2) is 5.16 Å². The van der Waals surface area contributed by atoms with Crippen molar-refractivity contribution >= 4 is 23.4 Å².